The minimum Gasteiger partial charge on any atom is -0.339 e. The van der Waals surface area contributed by atoms with Crippen LogP contribution < -0.4 is 10.6 Å². The van der Waals surface area contributed by atoms with Gasteiger partial charge in [0.1, 0.15) is 0 Å². The topological polar surface area (TPSA) is 44.4 Å². The van der Waals surface area contributed by atoms with Crippen molar-refractivity contribution in [3.63, 3.8) is 0 Å². The first kappa shape index (κ1) is 9.93. The van der Waals surface area contributed by atoms with Crippen LogP contribution in [-0.4, -0.2) is 49.1 Å². The van der Waals surface area contributed by atoms with Gasteiger partial charge in [-0.25, -0.2) is 0 Å². The number of hydrogen-bond donors (Lipinski definition) is 2. The summed E-state index contributed by atoms with van der Waals surface area (Å²) < 4.78 is 0. The van der Waals surface area contributed by atoms with Crippen molar-refractivity contribution in [2.24, 2.45) is 0 Å². The summed E-state index contributed by atoms with van der Waals surface area (Å²) in [5.41, 5.74) is 0. The lowest BCUT2D eigenvalue weighted by atomic mass is 10.1. The standard InChI is InChI=1S/C10H19N3O/c1-8-7-13(6-5-11-8)10(14)9-3-2-4-12-9/h8-9,11-12H,2-7H2,1H3/t8?,9-/m0/s1. The smallest absolute Gasteiger partial charge is 0.239 e. The molecule has 0 aromatic rings. The van der Waals surface area contributed by atoms with E-state index in [9.17, 15) is 4.79 Å². The van der Waals surface area contributed by atoms with Crippen LogP contribution in [0.3, 0.4) is 0 Å². The fourth-order valence-corrected chi connectivity index (χ4v) is 2.25. The Labute approximate surface area is 85.0 Å². The Hall–Kier alpha value is -0.610. The second kappa shape index (κ2) is 4.28. The molecule has 2 N–H and O–H groups in total. The molecule has 2 heterocycles. The second-order valence-electron chi connectivity index (χ2n) is 4.29. The molecule has 0 radical (unpaired) electrons. The number of piperazine rings is 1. The van der Waals surface area contributed by atoms with Crippen LogP contribution in [0, 0.1) is 0 Å². The van der Waals surface area contributed by atoms with Gasteiger partial charge in [-0.1, -0.05) is 0 Å². The molecule has 2 aliphatic rings. The van der Waals surface area contributed by atoms with Gasteiger partial charge >= 0.3 is 0 Å². The Kier molecular flexibility index (Phi) is 3.03. The largest absolute Gasteiger partial charge is 0.339 e. The van der Waals surface area contributed by atoms with Gasteiger partial charge in [-0.15, -0.1) is 0 Å². The summed E-state index contributed by atoms with van der Waals surface area (Å²) in [6.07, 6.45) is 2.15. The van der Waals surface area contributed by atoms with Crippen LogP contribution in [0.5, 0.6) is 0 Å². The van der Waals surface area contributed by atoms with Crippen LogP contribution >= 0.6 is 0 Å². The molecule has 0 saturated carbocycles. The highest BCUT2D eigenvalue weighted by Crippen LogP contribution is 2.10. The molecule has 80 valence electrons. The average molecular weight is 197 g/mol. The predicted octanol–water partition coefficient (Wildman–Crippen LogP) is -0.441. The summed E-state index contributed by atoms with van der Waals surface area (Å²) in [5, 5.41) is 6.60. The SMILES string of the molecule is CC1CN(C(=O)[C@@H]2CCCN2)CCN1. The van der Waals surface area contributed by atoms with Crippen LogP contribution in [0.2, 0.25) is 0 Å². The van der Waals surface area contributed by atoms with E-state index in [1.165, 1.54) is 0 Å². The first-order valence-corrected chi connectivity index (χ1v) is 5.53. The zero-order valence-corrected chi connectivity index (χ0v) is 8.75. The van der Waals surface area contributed by atoms with E-state index in [1.54, 1.807) is 0 Å². The Morgan fingerprint density at radius 2 is 2.21 bits per heavy atom. The normalized spacial score (nSPS) is 33.4. The van der Waals surface area contributed by atoms with E-state index < -0.39 is 0 Å². The molecule has 0 aliphatic carbocycles. The van der Waals surface area contributed by atoms with Crippen molar-refractivity contribution in [3.05, 3.63) is 0 Å². The number of nitrogens with zero attached hydrogens (tertiary/aromatic N) is 1. The van der Waals surface area contributed by atoms with Crippen molar-refractivity contribution in [1.82, 2.24) is 15.5 Å². The fraction of sp³-hybridized carbons (Fsp3) is 0.900. The third kappa shape index (κ3) is 2.07. The third-order valence-electron chi connectivity index (χ3n) is 3.04. The molecule has 2 atom stereocenters. The zero-order chi connectivity index (χ0) is 9.97. The molecular weight excluding hydrogens is 178 g/mol. The van der Waals surface area contributed by atoms with Gasteiger partial charge in [0, 0.05) is 25.7 Å². The maximum atomic E-state index is 12.0. The number of carbonyl (C=O) groups excluding carboxylic acids is 1. The summed E-state index contributed by atoms with van der Waals surface area (Å²) in [4.78, 5) is 14.0. The molecule has 0 aromatic carbocycles. The van der Waals surface area contributed by atoms with Crippen molar-refractivity contribution in [2.75, 3.05) is 26.2 Å². The summed E-state index contributed by atoms with van der Waals surface area (Å²) in [5.74, 6) is 0.302. The predicted molar refractivity (Wildman–Crippen MR) is 55.1 cm³/mol. The van der Waals surface area contributed by atoms with Gasteiger partial charge in [0.2, 0.25) is 5.91 Å². The second-order valence-corrected chi connectivity index (χ2v) is 4.29. The van der Waals surface area contributed by atoms with Gasteiger partial charge in [0.05, 0.1) is 6.04 Å². The van der Waals surface area contributed by atoms with Gasteiger partial charge in [-0.3, -0.25) is 4.79 Å². The summed E-state index contributed by atoms with van der Waals surface area (Å²) in [7, 11) is 0. The van der Waals surface area contributed by atoms with Crippen LogP contribution in [0.15, 0.2) is 0 Å². The monoisotopic (exact) mass is 197 g/mol. The van der Waals surface area contributed by atoms with Crippen molar-refractivity contribution in [3.8, 4) is 0 Å². The van der Waals surface area contributed by atoms with E-state index in [4.69, 9.17) is 0 Å². The van der Waals surface area contributed by atoms with E-state index in [2.05, 4.69) is 17.6 Å². The molecule has 0 aromatic heterocycles. The molecular formula is C10H19N3O. The van der Waals surface area contributed by atoms with Gasteiger partial charge in [-0.2, -0.15) is 0 Å². The van der Waals surface area contributed by atoms with E-state index in [-0.39, 0.29) is 6.04 Å². The third-order valence-corrected chi connectivity index (χ3v) is 3.04. The number of hydrogen-bond acceptors (Lipinski definition) is 3. The quantitative estimate of drug-likeness (QED) is 0.599. The number of nitrogens with one attached hydrogen (secondary N) is 2. The number of amides is 1. The highest BCUT2D eigenvalue weighted by molar-refractivity contribution is 5.82. The Bertz CT molecular complexity index is 213. The molecule has 4 nitrogen and oxygen atoms in total. The van der Waals surface area contributed by atoms with E-state index >= 15 is 0 Å². The van der Waals surface area contributed by atoms with Gasteiger partial charge in [0.25, 0.3) is 0 Å². The first-order chi connectivity index (χ1) is 6.77. The lowest BCUT2D eigenvalue weighted by molar-refractivity contribution is -0.134. The minimum atomic E-state index is 0.0975. The van der Waals surface area contributed by atoms with Crippen molar-refractivity contribution in [1.29, 1.82) is 0 Å². The highest BCUT2D eigenvalue weighted by Gasteiger charge is 2.28. The minimum absolute atomic E-state index is 0.0975. The van der Waals surface area contributed by atoms with Crippen molar-refractivity contribution < 1.29 is 4.79 Å². The molecule has 2 saturated heterocycles. The average Bonchev–Trinajstić information content (AvgIpc) is 2.69. The molecule has 2 rings (SSSR count). The van der Waals surface area contributed by atoms with E-state index in [0.717, 1.165) is 39.0 Å². The molecule has 1 unspecified atom stereocenters. The lowest BCUT2D eigenvalue weighted by Gasteiger charge is -2.33. The lowest BCUT2D eigenvalue weighted by Crippen LogP contribution is -2.55. The van der Waals surface area contributed by atoms with Crippen molar-refractivity contribution in [2.45, 2.75) is 31.8 Å². The maximum absolute atomic E-state index is 12.0. The highest BCUT2D eigenvalue weighted by atomic mass is 16.2. The van der Waals surface area contributed by atoms with Crippen LogP contribution in [-0.2, 0) is 4.79 Å². The molecule has 2 aliphatic heterocycles. The van der Waals surface area contributed by atoms with E-state index in [0.29, 0.717) is 11.9 Å². The van der Waals surface area contributed by atoms with Crippen molar-refractivity contribution >= 4 is 5.91 Å². The van der Waals surface area contributed by atoms with Crippen LogP contribution in [0.25, 0.3) is 0 Å². The summed E-state index contributed by atoms with van der Waals surface area (Å²) in [6.45, 7) is 5.78. The Balaban J connectivity index is 1.89. The molecule has 0 spiro atoms. The van der Waals surface area contributed by atoms with Crippen LogP contribution in [0.4, 0.5) is 0 Å². The number of rotatable bonds is 1. The molecule has 2 fully saturated rings. The fourth-order valence-electron chi connectivity index (χ4n) is 2.25. The molecule has 1 amide bonds. The molecule has 0 bridgehead atoms. The van der Waals surface area contributed by atoms with Gasteiger partial charge in [0.15, 0.2) is 0 Å². The maximum Gasteiger partial charge on any atom is 0.239 e. The van der Waals surface area contributed by atoms with E-state index in [1.807, 2.05) is 4.90 Å². The van der Waals surface area contributed by atoms with Crippen LogP contribution in [0.1, 0.15) is 19.8 Å². The van der Waals surface area contributed by atoms with Gasteiger partial charge in [-0.05, 0) is 26.3 Å². The summed E-state index contributed by atoms with van der Waals surface area (Å²) >= 11 is 0. The molecule has 14 heavy (non-hydrogen) atoms. The summed E-state index contributed by atoms with van der Waals surface area (Å²) in [6, 6.07) is 0.536. The van der Waals surface area contributed by atoms with Gasteiger partial charge < -0.3 is 15.5 Å². The zero-order valence-electron chi connectivity index (χ0n) is 8.75. The Morgan fingerprint density at radius 3 is 2.86 bits per heavy atom. The first-order valence-electron chi connectivity index (χ1n) is 5.53. The number of carbonyl (C=O) groups is 1. The molecule has 4 heteroatoms. The Morgan fingerprint density at radius 1 is 1.36 bits per heavy atom.